The molecule has 5 heteroatoms. The highest BCUT2D eigenvalue weighted by molar-refractivity contribution is 5.93. The molecule has 0 saturated heterocycles. The minimum Gasteiger partial charge on any atom is -0.366 e. The molecule has 0 bridgehead atoms. The monoisotopic (exact) mass is 362 g/mol. The summed E-state index contributed by atoms with van der Waals surface area (Å²) in [6.07, 6.45) is 9.81. The lowest BCUT2D eigenvalue weighted by molar-refractivity contribution is 0.0949. The maximum Gasteiger partial charge on any atom is 0.270 e. The molecule has 2 N–H and O–H groups in total. The van der Waals surface area contributed by atoms with E-state index in [9.17, 15) is 4.79 Å². The van der Waals surface area contributed by atoms with Crippen molar-refractivity contribution >= 4 is 11.7 Å². The molecule has 1 heterocycles. The van der Waals surface area contributed by atoms with Crippen LogP contribution in [0.3, 0.4) is 0 Å². The van der Waals surface area contributed by atoms with Gasteiger partial charge in [-0.3, -0.25) is 4.79 Å². The Morgan fingerprint density at radius 2 is 2.04 bits per heavy atom. The number of rotatable bonds is 8. The van der Waals surface area contributed by atoms with Crippen molar-refractivity contribution in [2.45, 2.75) is 32.1 Å². The van der Waals surface area contributed by atoms with Crippen LogP contribution in [0, 0.1) is 0 Å². The highest BCUT2D eigenvalue weighted by Gasteiger charge is 2.13. The van der Waals surface area contributed by atoms with Crippen molar-refractivity contribution < 1.29 is 4.79 Å². The van der Waals surface area contributed by atoms with Crippen LogP contribution in [-0.4, -0.2) is 29.0 Å². The van der Waals surface area contributed by atoms with Crippen LogP contribution in [-0.2, 0) is 0 Å². The number of nitrogens with zero attached hydrogens (tertiary/aromatic N) is 2. The van der Waals surface area contributed by atoms with Crippen LogP contribution in [0.4, 0.5) is 5.82 Å². The van der Waals surface area contributed by atoms with E-state index < -0.39 is 0 Å². The van der Waals surface area contributed by atoms with Gasteiger partial charge in [0, 0.05) is 24.7 Å². The van der Waals surface area contributed by atoms with Gasteiger partial charge in [0.2, 0.25) is 0 Å². The molecular weight excluding hydrogens is 336 g/mol. The van der Waals surface area contributed by atoms with E-state index in [1.807, 2.05) is 30.3 Å². The first-order valence-corrected chi connectivity index (χ1v) is 9.51. The number of nitrogens with one attached hydrogen (secondary N) is 2. The second kappa shape index (κ2) is 9.67. The van der Waals surface area contributed by atoms with Gasteiger partial charge >= 0.3 is 0 Å². The van der Waals surface area contributed by atoms with Gasteiger partial charge in [-0.15, -0.1) is 6.58 Å². The Hall–Kier alpha value is -2.95. The van der Waals surface area contributed by atoms with E-state index in [1.54, 1.807) is 12.1 Å². The molecule has 0 aliphatic heterocycles. The van der Waals surface area contributed by atoms with E-state index in [0.717, 1.165) is 24.8 Å². The zero-order chi connectivity index (χ0) is 18.9. The van der Waals surface area contributed by atoms with Crippen LogP contribution in [0.2, 0.25) is 0 Å². The molecule has 2 aromatic rings. The number of carbonyl (C=O) groups excluding carboxylic acids is 1. The topological polar surface area (TPSA) is 66.9 Å². The number of anilines is 1. The van der Waals surface area contributed by atoms with E-state index >= 15 is 0 Å². The van der Waals surface area contributed by atoms with Gasteiger partial charge < -0.3 is 10.6 Å². The Labute approximate surface area is 160 Å². The van der Waals surface area contributed by atoms with Crippen molar-refractivity contribution in [1.29, 1.82) is 0 Å². The quantitative estimate of drug-likeness (QED) is 0.685. The first-order valence-electron chi connectivity index (χ1n) is 9.51. The van der Waals surface area contributed by atoms with E-state index in [4.69, 9.17) is 0 Å². The maximum absolute atomic E-state index is 12.6. The van der Waals surface area contributed by atoms with E-state index in [2.05, 4.69) is 33.3 Å². The molecule has 1 aromatic heterocycles. The third-order valence-corrected chi connectivity index (χ3v) is 4.53. The normalized spacial score (nSPS) is 13.6. The third kappa shape index (κ3) is 5.51. The number of carbonyl (C=O) groups is 1. The second-order valence-corrected chi connectivity index (χ2v) is 6.61. The fraction of sp³-hybridized carbons (Fsp3) is 0.318. The van der Waals surface area contributed by atoms with Crippen molar-refractivity contribution in [3.05, 3.63) is 66.4 Å². The van der Waals surface area contributed by atoms with E-state index in [-0.39, 0.29) is 5.91 Å². The number of benzene rings is 1. The van der Waals surface area contributed by atoms with Crippen molar-refractivity contribution in [3.8, 4) is 11.4 Å². The van der Waals surface area contributed by atoms with Gasteiger partial charge in [-0.1, -0.05) is 48.1 Å². The average Bonchev–Trinajstić information content (AvgIpc) is 2.73. The fourth-order valence-electron chi connectivity index (χ4n) is 3.11. The standard InChI is InChI=1S/C22H26N4O/c1-2-14-23-20-16-19(25-21(26-20)18-11-7-4-8-12-18)22(27)24-15-13-17-9-5-3-6-10-17/h2,4,7-9,11-12,16H,1,3,5-6,10,13-15H2,(H,24,27)(H,23,25,26). The van der Waals surface area contributed by atoms with Gasteiger partial charge in [-0.2, -0.15) is 0 Å². The van der Waals surface area contributed by atoms with Crippen LogP contribution in [0.1, 0.15) is 42.6 Å². The predicted octanol–water partition coefficient (Wildman–Crippen LogP) is 4.36. The highest BCUT2D eigenvalue weighted by Crippen LogP contribution is 2.20. The lowest BCUT2D eigenvalue weighted by Gasteiger charge is -2.13. The molecule has 140 valence electrons. The number of amides is 1. The lowest BCUT2D eigenvalue weighted by Crippen LogP contribution is -2.26. The molecule has 1 aliphatic rings. The summed E-state index contributed by atoms with van der Waals surface area (Å²) in [6.45, 7) is 4.91. The molecule has 5 nitrogen and oxygen atoms in total. The second-order valence-electron chi connectivity index (χ2n) is 6.61. The van der Waals surface area contributed by atoms with E-state index in [1.165, 1.54) is 18.4 Å². The Bertz CT molecular complexity index is 814. The number of hydrogen-bond acceptors (Lipinski definition) is 4. The van der Waals surface area contributed by atoms with Crippen molar-refractivity contribution in [3.63, 3.8) is 0 Å². The molecular formula is C22H26N4O. The highest BCUT2D eigenvalue weighted by atomic mass is 16.1. The van der Waals surface area contributed by atoms with Crippen molar-refractivity contribution in [2.75, 3.05) is 18.4 Å². The Kier molecular flexibility index (Phi) is 6.74. The minimum atomic E-state index is -0.173. The SMILES string of the molecule is C=CCNc1cc(C(=O)NCCC2=CCCCC2)nc(-c2ccccc2)n1. The van der Waals surface area contributed by atoms with Crippen LogP contribution in [0.5, 0.6) is 0 Å². The van der Waals surface area contributed by atoms with Gasteiger partial charge in [-0.25, -0.2) is 9.97 Å². The Morgan fingerprint density at radius 3 is 2.78 bits per heavy atom. The molecule has 1 aliphatic carbocycles. The number of hydrogen-bond donors (Lipinski definition) is 2. The van der Waals surface area contributed by atoms with Crippen molar-refractivity contribution in [2.24, 2.45) is 0 Å². The predicted molar refractivity (Wildman–Crippen MR) is 110 cm³/mol. The summed E-state index contributed by atoms with van der Waals surface area (Å²) in [5.41, 5.74) is 2.69. The smallest absolute Gasteiger partial charge is 0.270 e. The molecule has 0 atom stereocenters. The first kappa shape index (κ1) is 18.8. The van der Waals surface area contributed by atoms with E-state index in [0.29, 0.717) is 30.4 Å². The third-order valence-electron chi connectivity index (χ3n) is 4.53. The van der Waals surface area contributed by atoms with Crippen molar-refractivity contribution in [1.82, 2.24) is 15.3 Å². The van der Waals surface area contributed by atoms with Crippen LogP contribution < -0.4 is 10.6 Å². The molecule has 27 heavy (non-hydrogen) atoms. The summed E-state index contributed by atoms with van der Waals surface area (Å²) in [5, 5.41) is 6.14. The molecule has 3 rings (SSSR count). The van der Waals surface area contributed by atoms with Gasteiger partial charge in [0.05, 0.1) is 0 Å². The molecule has 0 saturated carbocycles. The Morgan fingerprint density at radius 1 is 1.19 bits per heavy atom. The maximum atomic E-state index is 12.6. The molecule has 0 radical (unpaired) electrons. The van der Waals surface area contributed by atoms with Gasteiger partial charge in [0.15, 0.2) is 5.82 Å². The van der Waals surface area contributed by atoms with Crippen LogP contribution >= 0.6 is 0 Å². The molecule has 0 spiro atoms. The minimum absolute atomic E-state index is 0.173. The Balaban J connectivity index is 1.73. The lowest BCUT2D eigenvalue weighted by atomic mass is 9.97. The van der Waals surface area contributed by atoms with Crippen LogP contribution in [0.25, 0.3) is 11.4 Å². The van der Waals surface area contributed by atoms with Gasteiger partial charge in [-0.05, 0) is 32.1 Å². The number of aromatic nitrogens is 2. The fourth-order valence-corrected chi connectivity index (χ4v) is 3.11. The average molecular weight is 362 g/mol. The summed E-state index contributed by atoms with van der Waals surface area (Å²) >= 11 is 0. The molecule has 0 fully saturated rings. The number of allylic oxidation sites excluding steroid dienone is 1. The van der Waals surface area contributed by atoms with Gasteiger partial charge in [0.1, 0.15) is 11.5 Å². The molecule has 1 amide bonds. The van der Waals surface area contributed by atoms with Crippen LogP contribution in [0.15, 0.2) is 60.7 Å². The molecule has 1 aromatic carbocycles. The zero-order valence-corrected chi connectivity index (χ0v) is 15.6. The zero-order valence-electron chi connectivity index (χ0n) is 15.6. The van der Waals surface area contributed by atoms with Gasteiger partial charge in [0.25, 0.3) is 5.91 Å². The first-order chi connectivity index (χ1) is 13.3. The summed E-state index contributed by atoms with van der Waals surface area (Å²) in [4.78, 5) is 21.6. The summed E-state index contributed by atoms with van der Waals surface area (Å²) < 4.78 is 0. The molecule has 0 unspecified atom stereocenters. The summed E-state index contributed by atoms with van der Waals surface area (Å²) in [6, 6.07) is 11.4. The largest absolute Gasteiger partial charge is 0.366 e. The summed E-state index contributed by atoms with van der Waals surface area (Å²) in [5.74, 6) is 0.973. The summed E-state index contributed by atoms with van der Waals surface area (Å²) in [7, 11) is 0.